The minimum atomic E-state index is -0.437. The fourth-order valence-corrected chi connectivity index (χ4v) is 1.41. The molecule has 2 N–H and O–H groups in total. The van der Waals surface area contributed by atoms with E-state index in [-0.39, 0.29) is 17.7 Å². The summed E-state index contributed by atoms with van der Waals surface area (Å²) >= 11 is 5.56. The summed E-state index contributed by atoms with van der Waals surface area (Å²) in [7, 11) is 1.56. The Kier molecular flexibility index (Phi) is 5.69. The van der Waals surface area contributed by atoms with Crippen molar-refractivity contribution in [2.45, 2.75) is 12.6 Å². The first kappa shape index (κ1) is 13.4. The van der Waals surface area contributed by atoms with Gasteiger partial charge in [-0.25, -0.2) is 4.39 Å². The van der Waals surface area contributed by atoms with E-state index in [4.69, 9.17) is 21.4 Å². The number of rotatable bonds is 6. The summed E-state index contributed by atoms with van der Waals surface area (Å²) in [6.07, 6.45) is 0. The van der Waals surface area contributed by atoms with E-state index in [2.05, 4.69) is 5.32 Å². The molecule has 0 amide bonds. The molecule has 0 aliphatic rings. The van der Waals surface area contributed by atoms with Crippen molar-refractivity contribution < 1.29 is 14.2 Å². The third-order valence-electron chi connectivity index (χ3n) is 2.17. The van der Waals surface area contributed by atoms with Crippen molar-refractivity contribution >= 4 is 11.6 Å². The van der Waals surface area contributed by atoms with E-state index in [1.54, 1.807) is 13.2 Å². The van der Waals surface area contributed by atoms with Gasteiger partial charge in [0, 0.05) is 13.7 Å². The SMILES string of the molecule is COCC(CO)NCc1ccc(Cl)c(F)c1. The monoisotopic (exact) mass is 247 g/mol. The number of methoxy groups -OCH3 is 1. The molecule has 1 aromatic rings. The normalized spacial score (nSPS) is 12.8. The Morgan fingerprint density at radius 2 is 2.31 bits per heavy atom. The molecule has 0 aromatic heterocycles. The number of nitrogens with one attached hydrogen (secondary N) is 1. The number of ether oxygens (including phenoxy) is 1. The minimum Gasteiger partial charge on any atom is -0.395 e. The summed E-state index contributed by atoms with van der Waals surface area (Å²) < 4.78 is 18.0. The van der Waals surface area contributed by atoms with Gasteiger partial charge in [-0.15, -0.1) is 0 Å². The lowest BCUT2D eigenvalue weighted by Crippen LogP contribution is -2.35. The summed E-state index contributed by atoms with van der Waals surface area (Å²) in [4.78, 5) is 0. The molecule has 1 atom stereocenters. The molecule has 0 bridgehead atoms. The average molecular weight is 248 g/mol. The molecule has 0 saturated heterocycles. The van der Waals surface area contributed by atoms with Crippen molar-refractivity contribution in [3.8, 4) is 0 Å². The van der Waals surface area contributed by atoms with Crippen LogP contribution in [0.2, 0.25) is 5.02 Å². The highest BCUT2D eigenvalue weighted by molar-refractivity contribution is 6.30. The van der Waals surface area contributed by atoms with Crippen molar-refractivity contribution in [1.82, 2.24) is 5.32 Å². The van der Waals surface area contributed by atoms with Gasteiger partial charge in [0.05, 0.1) is 24.3 Å². The summed E-state index contributed by atoms with van der Waals surface area (Å²) in [6, 6.07) is 4.47. The lowest BCUT2D eigenvalue weighted by molar-refractivity contribution is 0.128. The molecular weight excluding hydrogens is 233 g/mol. The molecule has 1 rings (SSSR count). The number of benzene rings is 1. The Labute approximate surface area is 99.2 Å². The number of hydrogen-bond donors (Lipinski definition) is 2. The Morgan fingerprint density at radius 1 is 1.56 bits per heavy atom. The van der Waals surface area contributed by atoms with Crippen LogP contribution in [-0.4, -0.2) is 31.5 Å². The third kappa shape index (κ3) is 4.06. The number of hydrogen-bond acceptors (Lipinski definition) is 3. The first-order valence-corrected chi connectivity index (χ1v) is 5.32. The molecule has 3 nitrogen and oxygen atoms in total. The fourth-order valence-electron chi connectivity index (χ4n) is 1.29. The predicted molar refractivity (Wildman–Crippen MR) is 61.0 cm³/mol. The predicted octanol–water partition coefficient (Wildman–Crippen LogP) is 1.58. The van der Waals surface area contributed by atoms with E-state index in [0.717, 1.165) is 5.56 Å². The van der Waals surface area contributed by atoms with E-state index in [1.165, 1.54) is 12.1 Å². The van der Waals surface area contributed by atoms with Gasteiger partial charge in [0.15, 0.2) is 0 Å². The zero-order valence-corrected chi connectivity index (χ0v) is 9.80. The molecular formula is C11H15ClFNO2. The van der Waals surface area contributed by atoms with Gasteiger partial charge in [-0.3, -0.25) is 0 Å². The average Bonchev–Trinajstić information content (AvgIpc) is 2.28. The van der Waals surface area contributed by atoms with Gasteiger partial charge in [0.1, 0.15) is 5.82 Å². The van der Waals surface area contributed by atoms with Crippen LogP contribution in [-0.2, 0) is 11.3 Å². The van der Waals surface area contributed by atoms with Crippen LogP contribution in [0.4, 0.5) is 4.39 Å². The van der Waals surface area contributed by atoms with Crippen LogP contribution in [0.5, 0.6) is 0 Å². The highest BCUT2D eigenvalue weighted by Crippen LogP contribution is 2.15. The fraction of sp³-hybridized carbons (Fsp3) is 0.455. The number of halogens is 2. The van der Waals surface area contributed by atoms with E-state index >= 15 is 0 Å². The zero-order chi connectivity index (χ0) is 12.0. The van der Waals surface area contributed by atoms with Crippen molar-refractivity contribution in [2.24, 2.45) is 0 Å². The van der Waals surface area contributed by atoms with Crippen LogP contribution in [0.3, 0.4) is 0 Å². The molecule has 0 spiro atoms. The lowest BCUT2D eigenvalue weighted by Gasteiger charge is -2.15. The molecule has 1 unspecified atom stereocenters. The molecule has 90 valence electrons. The zero-order valence-electron chi connectivity index (χ0n) is 9.04. The lowest BCUT2D eigenvalue weighted by atomic mass is 10.2. The van der Waals surface area contributed by atoms with Crippen LogP contribution in [0.1, 0.15) is 5.56 Å². The molecule has 0 fully saturated rings. The van der Waals surface area contributed by atoms with Crippen LogP contribution in [0.25, 0.3) is 0 Å². The molecule has 0 aliphatic heterocycles. The summed E-state index contributed by atoms with van der Waals surface area (Å²) in [5, 5.41) is 12.2. The maximum atomic E-state index is 13.1. The van der Waals surface area contributed by atoms with Gasteiger partial charge in [0.25, 0.3) is 0 Å². The topological polar surface area (TPSA) is 41.5 Å². The maximum absolute atomic E-state index is 13.1. The van der Waals surface area contributed by atoms with Gasteiger partial charge in [-0.1, -0.05) is 17.7 Å². The van der Waals surface area contributed by atoms with Crippen LogP contribution >= 0.6 is 11.6 Å². The van der Waals surface area contributed by atoms with Crippen molar-refractivity contribution in [1.29, 1.82) is 0 Å². The van der Waals surface area contributed by atoms with Gasteiger partial charge in [0.2, 0.25) is 0 Å². The standard InChI is InChI=1S/C11H15ClFNO2/c1-16-7-9(6-15)14-5-8-2-3-10(12)11(13)4-8/h2-4,9,14-15H,5-7H2,1H3. The molecule has 1 aromatic carbocycles. The van der Waals surface area contributed by atoms with Gasteiger partial charge >= 0.3 is 0 Å². The summed E-state index contributed by atoms with van der Waals surface area (Å²) in [5.41, 5.74) is 0.774. The van der Waals surface area contributed by atoms with Crippen molar-refractivity contribution in [3.63, 3.8) is 0 Å². The van der Waals surface area contributed by atoms with E-state index in [1.807, 2.05) is 0 Å². The Balaban J connectivity index is 2.50. The molecule has 5 heteroatoms. The first-order chi connectivity index (χ1) is 7.67. The van der Waals surface area contributed by atoms with Crippen molar-refractivity contribution in [3.05, 3.63) is 34.6 Å². The van der Waals surface area contributed by atoms with E-state index < -0.39 is 5.82 Å². The second-order valence-corrected chi connectivity index (χ2v) is 3.87. The molecule has 0 radical (unpaired) electrons. The maximum Gasteiger partial charge on any atom is 0.142 e. The minimum absolute atomic E-state index is 0.0239. The third-order valence-corrected chi connectivity index (χ3v) is 2.47. The van der Waals surface area contributed by atoms with Crippen LogP contribution in [0, 0.1) is 5.82 Å². The second-order valence-electron chi connectivity index (χ2n) is 3.46. The highest BCUT2D eigenvalue weighted by atomic mass is 35.5. The Hall–Kier alpha value is -0.680. The largest absolute Gasteiger partial charge is 0.395 e. The smallest absolute Gasteiger partial charge is 0.142 e. The summed E-state index contributed by atoms with van der Waals surface area (Å²) in [6.45, 7) is 0.846. The van der Waals surface area contributed by atoms with Gasteiger partial charge < -0.3 is 15.2 Å². The molecule has 0 aliphatic carbocycles. The van der Waals surface area contributed by atoms with Crippen LogP contribution in [0.15, 0.2) is 18.2 Å². The van der Waals surface area contributed by atoms with Gasteiger partial charge in [-0.05, 0) is 17.7 Å². The molecule has 0 saturated carbocycles. The van der Waals surface area contributed by atoms with Gasteiger partial charge in [-0.2, -0.15) is 0 Å². The number of aliphatic hydroxyl groups is 1. The molecule has 16 heavy (non-hydrogen) atoms. The Bertz CT molecular complexity index is 336. The van der Waals surface area contributed by atoms with E-state index in [9.17, 15) is 4.39 Å². The molecule has 0 heterocycles. The summed E-state index contributed by atoms with van der Waals surface area (Å²) in [5.74, 6) is -0.437. The second kappa shape index (κ2) is 6.81. The van der Waals surface area contributed by atoms with E-state index in [0.29, 0.717) is 13.2 Å². The van der Waals surface area contributed by atoms with Crippen molar-refractivity contribution in [2.75, 3.05) is 20.3 Å². The Morgan fingerprint density at radius 3 is 2.88 bits per heavy atom. The highest BCUT2D eigenvalue weighted by Gasteiger charge is 2.07. The first-order valence-electron chi connectivity index (χ1n) is 4.94. The number of aliphatic hydroxyl groups excluding tert-OH is 1. The quantitative estimate of drug-likeness (QED) is 0.802. The van der Waals surface area contributed by atoms with Crippen LogP contribution < -0.4 is 5.32 Å².